The lowest BCUT2D eigenvalue weighted by molar-refractivity contribution is 0.318. The molecule has 0 fully saturated rings. The van der Waals surface area contributed by atoms with Crippen LogP contribution in [-0.2, 0) is 0 Å². The molecule has 1 aromatic heterocycles. The SMILES string of the molecule is N/C(=N/O)c1ccnc(Sc2ccc(F)c(F)c2)c1Cl. The number of pyridine rings is 1. The molecule has 3 N–H and O–H groups in total. The molecule has 0 saturated carbocycles. The number of nitrogens with zero attached hydrogens (tertiary/aromatic N) is 2. The van der Waals surface area contributed by atoms with E-state index < -0.39 is 11.6 Å². The van der Waals surface area contributed by atoms with E-state index in [1.54, 1.807) is 0 Å². The molecule has 0 aliphatic heterocycles. The second kappa shape index (κ2) is 6.06. The predicted octanol–water partition coefficient (Wildman–Crippen LogP) is 3.26. The Morgan fingerprint density at radius 3 is 2.70 bits per heavy atom. The molecule has 2 rings (SSSR count). The Kier molecular flexibility index (Phi) is 4.41. The van der Waals surface area contributed by atoms with Gasteiger partial charge in [-0.05, 0) is 24.3 Å². The zero-order chi connectivity index (χ0) is 14.7. The maximum Gasteiger partial charge on any atom is 0.171 e. The Bertz CT molecular complexity index is 682. The van der Waals surface area contributed by atoms with E-state index in [1.165, 1.54) is 18.3 Å². The van der Waals surface area contributed by atoms with E-state index in [4.69, 9.17) is 22.5 Å². The quantitative estimate of drug-likeness (QED) is 0.395. The van der Waals surface area contributed by atoms with Gasteiger partial charge in [0, 0.05) is 16.7 Å². The lowest BCUT2D eigenvalue weighted by Gasteiger charge is -2.07. The highest BCUT2D eigenvalue weighted by atomic mass is 35.5. The molecule has 0 spiro atoms. The smallest absolute Gasteiger partial charge is 0.171 e. The van der Waals surface area contributed by atoms with Gasteiger partial charge in [-0.3, -0.25) is 0 Å². The van der Waals surface area contributed by atoms with Crippen molar-refractivity contribution in [1.82, 2.24) is 4.98 Å². The van der Waals surface area contributed by atoms with E-state index >= 15 is 0 Å². The Hall–Kier alpha value is -1.86. The zero-order valence-electron chi connectivity index (χ0n) is 9.85. The molecule has 8 heteroatoms. The first-order valence-electron chi connectivity index (χ1n) is 5.28. The molecule has 20 heavy (non-hydrogen) atoms. The van der Waals surface area contributed by atoms with Crippen LogP contribution in [0.25, 0.3) is 0 Å². The molecular weight excluding hydrogens is 308 g/mol. The van der Waals surface area contributed by atoms with Gasteiger partial charge in [-0.15, -0.1) is 0 Å². The minimum absolute atomic E-state index is 0.162. The third kappa shape index (κ3) is 3.00. The van der Waals surface area contributed by atoms with Crippen LogP contribution >= 0.6 is 23.4 Å². The number of halogens is 3. The number of benzene rings is 1. The molecule has 0 aliphatic rings. The van der Waals surface area contributed by atoms with Gasteiger partial charge in [-0.25, -0.2) is 13.8 Å². The van der Waals surface area contributed by atoms with Crippen molar-refractivity contribution in [2.24, 2.45) is 10.9 Å². The van der Waals surface area contributed by atoms with Crippen molar-refractivity contribution in [3.63, 3.8) is 0 Å². The van der Waals surface area contributed by atoms with Gasteiger partial charge in [-0.2, -0.15) is 0 Å². The van der Waals surface area contributed by atoms with Crippen LogP contribution in [0.3, 0.4) is 0 Å². The molecule has 4 nitrogen and oxygen atoms in total. The van der Waals surface area contributed by atoms with Gasteiger partial charge >= 0.3 is 0 Å². The Labute approximate surface area is 122 Å². The van der Waals surface area contributed by atoms with Gasteiger partial charge in [0.15, 0.2) is 17.5 Å². The highest BCUT2D eigenvalue weighted by molar-refractivity contribution is 7.99. The summed E-state index contributed by atoms with van der Waals surface area (Å²) >= 11 is 7.12. The normalized spacial score (nSPS) is 11.7. The fourth-order valence-corrected chi connectivity index (χ4v) is 2.56. The molecule has 1 aromatic carbocycles. The summed E-state index contributed by atoms with van der Waals surface area (Å²) in [4.78, 5) is 4.45. The van der Waals surface area contributed by atoms with E-state index in [0.717, 1.165) is 23.9 Å². The zero-order valence-corrected chi connectivity index (χ0v) is 11.4. The van der Waals surface area contributed by atoms with Crippen LogP contribution < -0.4 is 5.73 Å². The van der Waals surface area contributed by atoms with Crippen LogP contribution in [-0.4, -0.2) is 16.0 Å². The molecular formula is C12H8ClF2N3OS. The second-order valence-corrected chi connectivity index (χ2v) is 5.08. The number of hydrogen-bond donors (Lipinski definition) is 2. The van der Waals surface area contributed by atoms with E-state index in [0.29, 0.717) is 15.5 Å². The van der Waals surface area contributed by atoms with E-state index in [2.05, 4.69) is 10.1 Å². The van der Waals surface area contributed by atoms with E-state index in [1.807, 2.05) is 0 Å². The summed E-state index contributed by atoms with van der Waals surface area (Å²) < 4.78 is 26.0. The topological polar surface area (TPSA) is 71.5 Å². The first kappa shape index (κ1) is 14.5. The van der Waals surface area contributed by atoms with Crippen molar-refractivity contribution in [2.45, 2.75) is 9.92 Å². The van der Waals surface area contributed by atoms with E-state index in [9.17, 15) is 8.78 Å². The fraction of sp³-hybridized carbons (Fsp3) is 0. The summed E-state index contributed by atoms with van der Waals surface area (Å²) in [6.07, 6.45) is 1.42. The summed E-state index contributed by atoms with van der Waals surface area (Å²) in [6.45, 7) is 0. The van der Waals surface area contributed by atoms with Gasteiger partial charge in [0.25, 0.3) is 0 Å². The maximum atomic E-state index is 13.1. The Morgan fingerprint density at radius 2 is 2.05 bits per heavy atom. The average Bonchev–Trinajstić information content (AvgIpc) is 2.44. The summed E-state index contributed by atoms with van der Waals surface area (Å²) in [6, 6.07) is 4.93. The van der Waals surface area contributed by atoms with Crippen molar-refractivity contribution in [1.29, 1.82) is 0 Å². The highest BCUT2D eigenvalue weighted by Gasteiger charge is 2.13. The molecule has 1 heterocycles. The standard InChI is InChI=1S/C12H8ClF2N3OS/c13-10-7(11(16)18-19)3-4-17-12(10)20-6-1-2-8(14)9(15)5-6/h1-5,19H,(H2,16,18). The van der Waals surface area contributed by atoms with Crippen LogP contribution in [0.2, 0.25) is 5.02 Å². The molecule has 0 saturated heterocycles. The van der Waals surface area contributed by atoms with Crippen molar-refractivity contribution < 1.29 is 14.0 Å². The average molecular weight is 316 g/mol. The van der Waals surface area contributed by atoms with Crippen LogP contribution in [0.4, 0.5) is 8.78 Å². The molecule has 0 bridgehead atoms. The lowest BCUT2D eigenvalue weighted by Crippen LogP contribution is -2.14. The third-order valence-corrected chi connectivity index (χ3v) is 3.83. The van der Waals surface area contributed by atoms with Crippen LogP contribution in [0.5, 0.6) is 0 Å². The van der Waals surface area contributed by atoms with Gasteiger partial charge in [0.2, 0.25) is 0 Å². The molecule has 0 aliphatic carbocycles. The first-order valence-corrected chi connectivity index (χ1v) is 6.47. The third-order valence-electron chi connectivity index (χ3n) is 2.35. The molecule has 2 aromatic rings. The molecule has 0 radical (unpaired) electrons. The van der Waals surface area contributed by atoms with Crippen LogP contribution in [0, 0.1) is 11.6 Å². The van der Waals surface area contributed by atoms with Crippen molar-refractivity contribution in [2.75, 3.05) is 0 Å². The number of nitrogens with two attached hydrogens (primary N) is 1. The van der Waals surface area contributed by atoms with Gasteiger partial charge < -0.3 is 10.9 Å². The maximum absolute atomic E-state index is 13.1. The van der Waals surface area contributed by atoms with Crippen LogP contribution in [0.1, 0.15) is 5.56 Å². The highest BCUT2D eigenvalue weighted by Crippen LogP contribution is 2.33. The molecule has 0 unspecified atom stereocenters. The second-order valence-electron chi connectivity index (χ2n) is 3.64. The summed E-state index contributed by atoms with van der Waals surface area (Å²) in [5.41, 5.74) is 5.77. The first-order chi connectivity index (χ1) is 9.52. The van der Waals surface area contributed by atoms with Crippen LogP contribution in [0.15, 0.2) is 45.5 Å². The number of rotatable bonds is 3. The Morgan fingerprint density at radius 1 is 1.30 bits per heavy atom. The monoisotopic (exact) mass is 315 g/mol. The van der Waals surface area contributed by atoms with Crippen molar-refractivity contribution in [3.05, 3.63) is 52.7 Å². The lowest BCUT2D eigenvalue weighted by atomic mass is 10.2. The summed E-state index contributed by atoms with van der Waals surface area (Å²) in [5.74, 6) is -2.05. The van der Waals surface area contributed by atoms with Gasteiger partial charge in [0.1, 0.15) is 5.03 Å². The summed E-state index contributed by atoms with van der Waals surface area (Å²) in [5, 5.41) is 12.0. The molecule has 104 valence electrons. The minimum Gasteiger partial charge on any atom is -0.409 e. The largest absolute Gasteiger partial charge is 0.409 e. The molecule has 0 amide bonds. The van der Waals surface area contributed by atoms with Gasteiger partial charge in [0.05, 0.1) is 5.02 Å². The molecule has 0 atom stereocenters. The van der Waals surface area contributed by atoms with E-state index in [-0.39, 0.29) is 10.9 Å². The number of hydrogen-bond acceptors (Lipinski definition) is 4. The number of oxime groups is 1. The minimum atomic E-state index is -0.960. The van der Waals surface area contributed by atoms with Crippen molar-refractivity contribution in [3.8, 4) is 0 Å². The van der Waals surface area contributed by atoms with Gasteiger partial charge in [-0.1, -0.05) is 28.5 Å². The van der Waals surface area contributed by atoms with Crippen molar-refractivity contribution >= 4 is 29.2 Å². The predicted molar refractivity (Wildman–Crippen MR) is 72.2 cm³/mol. The Balaban J connectivity index is 2.36. The number of amidine groups is 1. The summed E-state index contributed by atoms with van der Waals surface area (Å²) in [7, 11) is 0. The number of aromatic nitrogens is 1. The fourth-order valence-electron chi connectivity index (χ4n) is 1.40.